The average Bonchev–Trinajstić information content (AvgIpc) is 2.78. The van der Waals surface area contributed by atoms with Gasteiger partial charge in [0.05, 0.1) is 0 Å². The van der Waals surface area contributed by atoms with E-state index in [1.54, 1.807) is 0 Å². The summed E-state index contributed by atoms with van der Waals surface area (Å²) in [5.41, 5.74) is 3.78. The third-order valence-corrected chi connectivity index (χ3v) is 4.87. The summed E-state index contributed by atoms with van der Waals surface area (Å²) in [7, 11) is 0. The molecule has 0 heterocycles. The summed E-state index contributed by atoms with van der Waals surface area (Å²) in [6.45, 7) is 4.35. The number of hydrogen-bond acceptors (Lipinski definition) is 0. The predicted molar refractivity (Wildman–Crippen MR) is 122 cm³/mol. The van der Waals surface area contributed by atoms with E-state index in [2.05, 4.69) is 37.5 Å². The Hall–Kier alpha value is -2.84. The molecule has 0 unspecified atom stereocenters. The van der Waals surface area contributed by atoms with Gasteiger partial charge in [0.1, 0.15) is 0 Å². The van der Waals surface area contributed by atoms with Crippen LogP contribution in [0.2, 0.25) is 0 Å². The van der Waals surface area contributed by atoms with E-state index in [1.165, 1.54) is 36.8 Å². The first-order valence-electron chi connectivity index (χ1n) is 10.9. The molecule has 0 aliphatic heterocycles. The first-order chi connectivity index (χ1) is 14.6. The first-order valence-corrected chi connectivity index (χ1v) is 10.9. The third-order valence-electron chi connectivity index (χ3n) is 4.87. The topological polar surface area (TPSA) is 0 Å². The predicted octanol–water partition coefficient (Wildman–Crippen LogP) is 7.71. The minimum Gasteiger partial charge on any atom is -0.193 e. The lowest BCUT2D eigenvalue weighted by Gasteiger charge is -2.00. The van der Waals surface area contributed by atoms with Crippen molar-refractivity contribution in [2.45, 2.75) is 65.2 Å². The lowest BCUT2D eigenvalue weighted by atomic mass is 10.1. The second-order valence-electron chi connectivity index (χ2n) is 7.44. The number of unbranched alkanes of at least 4 members (excludes halogenated alkanes) is 4. The standard InChI is InChI=1S/C28H30F2/c1-3-5-7-9-23-11-15-25(16-12-23)19-21-27(29)28(30)22-20-26-17-13-24(14-18-26)10-8-6-4-2/h11-18H,3-10H2,1-2H3. The van der Waals surface area contributed by atoms with Crippen molar-refractivity contribution in [2.24, 2.45) is 0 Å². The van der Waals surface area contributed by atoms with E-state index < -0.39 is 11.7 Å². The van der Waals surface area contributed by atoms with E-state index >= 15 is 0 Å². The van der Waals surface area contributed by atoms with Crippen LogP contribution >= 0.6 is 0 Å². The number of allylic oxidation sites excluding steroid dienone is 2. The van der Waals surface area contributed by atoms with Crippen LogP contribution in [0.4, 0.5) is 8.78 Å². The maximum Gasteiger partial charge on any atom is 0.217 e. The second-order valence-corrected chi connectivity index (χ2v) is 7.44. The zero-order valence-corrected chi connectivity index (χ0v) is 18.0. The Kier molecular flexibility index (Phi) is 10.5. The van der Waals surface area contributed by atoms with Crippen LogP contribution in [0.15, 0.2) is 60.2 Å². The van der Waals surface area contributed by atoms with Crippen LogP contribution in [-0.4, -0.2) is 0 Å². The van der Waals surface area contributed by atoms with E-state index in [9.17, 15) is 8.78 Å². The van der Waals surface area contributed by atoms with Crippen molar-refractivity contribution in [1.29, 1.82) is 0 Å². The molecule has 0 nitrogen and oxygen atoms in total. The first kappa shape index (κ1) is 23.4. The molecule has 0 spiro atoms. The van der Waals surface area contributed by atoms with E-state index in [0.29, 0.717) is 11.1 Å². The fourth-order valence-corrected chi connectivity index (χ4v) is 3.03. The molecule has 156 valence electrons. The molecule has 0 aliphatic carbocycles. The molecule has 0 N–H and O–H groups in total. The van der Waals surface area contributed by atoms with Gasteiger partial charge in [0.25, 0.3) is 0 Å². The molecule has 0 fully saturated rings. The number of benzene rings is 2. The van der Waals surface area contributed by atoms with Crippen LogP contribution < -0.4 is 0 Å². The molecule has 0 amide bonds. The minimum absolute atomic E-state index is 0.656. The Labute approximate surface area is 180 Å². The summed E-state index contributed by atoms with van der Waals surface area (Å²) in [6, 6.07) is 15.3. The Balaban J connectivity index is 1.96. The normalized spacial score (nSPS) is 11.1. The van der Waals surface area contributed by atoms with Gasteiger partial charge in [0, 0.05) is 11.1 Å². The zero-order chi connectivity index (χ0) is 21.6. The molecule has 2 aromatic carbocycles. The van der Waals surface area contributed by atoms with Crippen LogP contribution in [0.5, 0.6) is 0 Å². The van der Waals surface area contributed by atoms with Gasteiger partial charge in [-0.25, -0.2) is 0 Å². The Morgan fingerprint density at radius 1 is 0.600 bits per heavy atom. The lowest BCUT2D eigenvalue weighted by molar-refractivity contribution is 0.584. The number of halogens is 2. The Morgan fingerprint density at radius 2 is 0.967 bits per heavy atom. The summed E-state index contributed by atoms with van der Waals surface area (Å²) < 4.78 is 27.9. The minimum atomic E-state index is -1.13. The van der Waals surface area contributed by atoms with Crippen molar-refractivity contribution in [2.75, 3.05) is 0 Å². The molecule has 0 radical (unpaired) electrons. The van der Waals surface area contributed by atoms with Gasteiger partial charge in [0.2, 0.25) is 11.7 Å². The van der Waals surface area contributed by atoms with Gasteiger partial charge in [-0.05, 0) is 72.9 Å². The van der Waals surface area contributed by atoms with Crippen LogP contribution in [0, 0.1) is 23.7 Å². The molecule has 2 heteroatoms. The zero-order valence-electron chi connectivity index (χ0n) is 18.0. The largest absolute Gasteiger partial charge is 0.217 e. The monoisotopic (exact) mass is 404 g/mol. The quantitative estimate of drug-likeness (QED) is 0.312. The summed E-state index contributed by atoms with van der Waals surface area (Å²) in [6.07, 6.45) is 9.16. The summed E-state index contributed by atoms with van der Waals surface area (Å²) >= 11 is 0. The van der Waals surface area contributed by atoms with Gasteiger partial charge in [-0.2, -0.15) is 8.78 Å². The van der Waals surface area contributed by atoms with Crippen molar-refractivity contribution in [3.8, 4) is 23.7 Å². The summed E-state index contributed by atoms with van der Waals surface area (Å²) in [5.74, 6) is 7.51. The van der Waals surface area contributed by atoms with Crippen molar-refractivity contribution in [1.82, 2.24) is 0 Å². The number of hydrogen-bond donors (Lipinski definition) is 0. The Morgan fingerprint density at radius 3 is 1.30 bits per heavy atom. The van der Waals surface area contributed by atoms with Crippen molar-refractivity contribution < 1.29 is 8.78 Å². The molecular weight excluding hydrogens is 374 g/mol. The highest BCUT2D eigenvalue weighted by atomic mass is 19.2. The highest BCUT2D eigenvalue weighted by Crippen LogP contribution is 2.11. The van der Waals surface area contributed by atoms with Gasteiger partial charge in [-0.3, -0.25) is 0 Å². The SMILES string of the molecule is CCCCCc1ccc(C#CC(F)=C(F)C#Cc2ccc(CCCCC)cc2)cc1. The molecule has 0 aromatic heterocycles. The number of rotatable bonds is 8. The molecular formula is C28H30F2. The average molecular weight is 405 g/mol. The van der Waals surface area contributed by atoms with E-state index in [1.807, 2.05) is 48.5 Å². The maximum atomic E-state index is 13.9. The fourth-order valence-electron chi connectivity index (χ4n) is 3.03. The summed E-state index contributed by atoms with van der Waals surface area (Å²) in [5, 5.41) is 0. The van der Waals surface area contributed by atoms with Crippen LogP contribution in [0.25, 0.3) is 0 Å². The smallest absolute Gasteiger partial charge is 0.193 e. The van der Waals surface area contributed by atoms with Crippen molar-refractivity contribution in [3.05, 3.63) is 82.4 Å². The van der Waals surface area contributed by atoms with E-state index in [0.717, 1.165) is 25.7 Å². The second kappa shape index (κ2) is 13.4. The summed E-state index contributed by atoms with van der Waals surface area (Å²) in [4.78, 5) is 0. The van der Waals surface area contributed by atoms with Crippen LogP contribution in [0.3, 0.4) is 0 Å². The molecule has 2 aromatic rings. The Bertz CT molecular complexity index is 847. The van der Waals surface area contributed by atoms with Gasteiger partial charge < -0.3 is 0 Å². The highest BCUT2D eigenvalue weighted by Gasteiger charge is 2.00. The maximum absolute atomic E-state index is 13.9. The molecule has 30 heavy (non-hydrogen) atoms. The molecule has 0 saturated heterocycles. The molecule has 0 saturated carbocycles. The molecule has 2 rings (SSSR count). The molecule has 0 bridgehead atoms. The fraction of sp³-hybridized carbons (Fsp3) is 0.357. The molecule has 0 aliphatic rings. The number of aryl methyl sites for hydroxylation is 2. The van der Waals surface area contributed by atoms with E-state index in [4.69, 9.17) is 0 Å². The van der Waals surface area contributed by atoms with Crippen LogP contribution in [-0.2, 0) is 12.8 Å². The van der Waals surface area contributed by atoms with Gasteiger partial charge >= 0.3 is 0 Å². The van der Waals surface area contributed by atoms with Gasteiger partial charge in [-0.15, -0.1) is 0 Å². The van der Waals surface area contributed by atoms with Crippen molar-refractivity contribution in [3.63, 3.8) is 0 Å². The van der Waals surface area contributed by atoms with Gasteiger partial charge in [0.15, 0.2) is 0 Å². The third kappa shape index (κ3) is 8.67. The highest BCUT2D eigenvalue weighted by molar-refractivity contribution is 5.45. The van der Waals surface area contributed by atoms with Crippen LogP contribution in [0.1, 0.15) is 74.6 Å². The van der Waals surface area contributed by atoms with E-state index in [-0.39, 0.29) is 0 Å². The lowest BCUT2D eigenvalue weighted by Crippen LogP contribution is -1.86. The van der Waals surface area contributed by atoms with Crippen molar-refractivity contribution >= 4 is 0 Å². The molecule has 0 atom stereocenters. The van der Waals surface area contributed by atoms with Gasteiger partial charge in [-0.1, -0.05) is 75.6 Å².